The fourth-order valence-corrected chi connectivity index (χ4v) is 2.65. The molecule has 0 radical (unpaired) electrons. The number of hydrogen-bond donors (Lipinski definition) is 0. The van der Waals surface area contributed by atoms with Crippen LogP contribution in [0.4, 0.5) is 0 Å². The normalized spacial score (nSPS) is 13.9. The van der Waals surface area contributed by atoms with Gasteiger partial charge in [-0.3, -0.25) is 0 Å². The maximum atomic E-state index is 11.7. The standard InChI is InChI=1S/C10H13ClO2S/c1-3-10(11)14(12,13)9-6-4-8(2)5-7-9/h4-7,10H,3H2,1-2H3. The molecule has 0 N–H and O–H groups in total. The third-order valence-electron chi connectivity index (χ3n) is 2.01. The Balaban J connectivity index is 3.11. The molecule has 4 heteroatoms. The lowest BCUT2D eigenvalue weighted by Gasteiger charge is -2.08. The summed E-state index contributed by atoms with van der Waals surface area (Å²) in [7, 11) is -3.34. The lowest BCUT2D eigenvalue weighted by Crippen LogP contribution is -2.14. The fourth-order valence-electron chi connectivity index (χ4n) is 1.10. The van der Waals surface area contributed by atoms with Gasteiger partial charge in [0, 0.05) is 0 Å². The molecule has 1 aromatic carbocycles. The van der Waals surface area contributed by atoms with Crippen LogP contribution in [-0.4, -0.2) is 13.1 Å². The van der Waals surface area contributed by atoms with E-state index in [9.17, 15) is 8.42 Å². The Morgan fingerprint density at radius 3 is 2.21 bits per heavy atom. The van der Waals surface area contributed by atoms with Gasteiger partial charge in [0.15, 0.2) is 9.84 Å². The van der Waals surface area contributed by atoms with Gasteiger partial charge in [-0.25, -0.2) is 8.42 Å². The number of halogens is 1. The van der Waals surface area contributed by atoms with Gasteiger partial charge in [0.2, 0.25) is 0 Å². The van der Waals surface area contributed by atoms with E-state index in [0.29, 0.717) is 11.3 Å². The van der Waals surface area contributed by atoms with Crippen molar-refractivity contribution >= 4 is 21.4 Å². The van der Waals surface area contributed by atoms with Crippen LogP contribution in [0, 0.1) is 6.92 Å². The topological polar surface area (TPSA) is 34.1 Å². The van der Waals surface area contributed by atoms with Crippen molar-refractivity contribution in [3.05, 3.63) is 29.8 Å². The number of sulfone groups is 1. The molecule has 78 valence electrons. The lowest BCUT2D eigenvalue weighted by molar-refractivity contribution is 0.591. The molecule has 0 spiro atoms. The van der Waals surface area contributed by atoms with E-state index in [4.69, 9.17) is 11.6 Å². The van der Waals surface area contributed by atoms with Crippen LogP contribution < -0.4 is 0 Å². The summed E-state index contributed by atoms with van der Waals surface area (Å²) >= 11 is 5.74. The molecule has 0 aromatic heterocycles. The number of hydrogen-bond acceptors (Lipinski definition) is 2. The van der Waals surface area contributed by atoms with Gasteiger partial charge in [-0.05, 0) is 25.5 Å². The molecule has 14 heavy (non-hydrogen) atoms. The minimum atomic E-state index is -3.34. The zero-order valence-electron chi connectivity index (χ0n) is 8.20. The molecule has 0 amide bonds. The lowest BCUT2D eigenvalue weighted by atomic mass is 10.2. The molecule has 0 saturated carbocycles. The first kappa shape index (κ1) is 11.5. The Hall–Kier alpha value is -0.540. The average Bonchev–Trinajstić information content (AvgIpc) is 2.17. The minimum absolute atomic E-state index is 0.296. The monoisotopic (exact) mass is 232 g/mol. The molecule has 0 aliphatic carbocycles. The van der Waals surface area contributed by atoms with Gasteiger partial charge < -0.3 is 0 Å². The van der Waals surface area contributed by atoms with Gasteiger partial charge in [-0.1, -0.05) is 24.6 Å². The van der Waals surface area contributed by atoms with Crippen LogP contribution in [0.15, 0.2) is 29.2 Å². The number of aryl methyl sites for hydroxylation is 1. The molecule has 1 rings (SSSR count). The molecule has 0 bridgehead atoms. The van der Waals surface area contributed by atoms with Crippen LogP contribution in [0.5, 0.6) is 0 Å². The van der Waals surface area contributed by atoms with Crippen molar-refractivity contribution in [3.63, 3.8) is 0 Å². The second kappa shape index (κ2) is 4.32. The van der Waals surface area contributed by atoms with Crippen LogP contribution in [0.2, 0.25) is 0 Å². The molecule has 0 aliphatic heterocycles. The van der Waals surface area contributed by atoms with Crippen LogP contribution in [0.25, 0.3) is 0 Å². The molecule has 1 aromatic rings. The minimum Gasteiger partial charge on any atom is -0.222 e. The van der Waals surface area contributed by atoms with E-state index in [0.717, 1.165) is 5.56 Å². The Kier molecular flexibility index (Phi) is 3.56. The number of alkyl halides is 1. The fraction of sp³-hybridized carbons (Fsp3) is 0.400. The van der Waals surface area contributed by atoms with Crippen molar-refractivity contribution in [2.75, 3.05) is 0 Å². The van der Waals surface area contributed by atoms with Gasteiger partial charge in [0.25, 0.3) is 0 Å². The molecule has 0 aliphatic rings. The summed E-state index contributed by atoms with van der Waals surface area (Å²) in [5, 5.41) is 0. The summed E-state index contributed by atoms with van der Waals surface area (Å²) in [6.45, 7) is 3.66. The Bertz CT molecular complexity index is 395. The highest BCUT2D eigenvalue weighted by Gasteiger charge is 2.23. The molecule has 0 saturated heterocycles. The number of rotatable bonds is 3. The SMILES string of the molecule is CCC(Cl)S(=O)(=O)c1ccc(C)cc1. The summed E-state index contributed by atoms with van der Waals surface area (Å²) in [6, 6.07) is 6.73. The largest absolute Gasteiger partial charge is 0.222 e. The maximum absolute atomic E-state index is 11.7. The third kappa shape index (κ3) is 2.28. The number of benzene rings is 1. The summed E-state index contributed by atoms with van der Waals surface area (Å²) in [5.74, 6) is 0. The second-order valence-electron chi connectivity index (χ2n) is 3.18. The van der Waals surface area contributed by atoms with Gasteiger partial charge in [0.1, 0.15) is 4.71 Å². The highest BCUT2D eigenvalue weighted by Crippen LogP contribution is 2.21. The average molecular weight is 233 g/mol. The maximum Gasteiger partial charge on any atom is 0.195 e. The molecular formula is C10H13ClO2S. The van der Waals surface area contributed by atoms with Crippen molar-refractivity contribution in [2.45, 2.75) is 29.9 Å². The Morgan fingerprint density at radius 1 is 1.29 bits per heavy atom. The van der Waals surface area contributed by atoms with Crippen molar-refractivity contribution < 1.29 is 8.42 Å². The van der Waals surface area contributed by atoms with Crippen LogP contribution in [-0.2, 0) is 9.84 Å². The summed E-state index contributed by atoms with van der Waals surface area (Å²) in [5.41, 5.74) is 1.03. The Labute approximate surface area is 89.8 Å². The van der Waals surface area contributed by atoms with E-state index >= 15 is 0 Å². The van der Waals surface area contributed by atoms with E-state index in [1.54, 1.807) is 31.2 Å². The van der Waals surface area contributed by atoms with Crippen molar-refractivity contribution in [1.82, 2.24) is 0 Å². The predicted octanol–water partition coefficient (Wildman–Crippen LogP) is 2.74. The van der Waals surface area contributed by atoms with Crippen LogP contribution in [0.3, 0.4) is 0 Å². The first-order valence-electron chi connectivity index (χ1n) is 4.43. The van der Waals surface area contributed by atoms with E-state index < -0.39 is 14.5 Å². The second-order valence-corrected chi connectivity index (χ2v) is 6.09. The molecule has 1 atom stereocenters. The molecule has 0 heterocycles. The highest BCUT2D eigenvalue weighted by molar-refractivity contribution is 7.93. The van der Waals surface area contributed by atoms with Gasteiger partial charge in [0.05, 0.1) is 4.90 Å². The molecule has 0 fully saturated rings. The third-order valence-corrected chi connectivity index (χ3v) is 4.96. The van der Waals surface area contributed by atoms with E-state index in [1.807, 2.05) is 6.92 Å². The van der Waals surface area contributed by atoms with E-state index in [1.165, 1.54) is 0 Å². The van der Waals surface area contributed by atoms with E-state index in [2.05, 4.69) is 0 Å². The Morgan fingerprint density at radius 2 is 1.79 bits per heavy atom. The molecule has 2 nitrogen and oxygen atoms in total. The quantitative estimate of drug-likeness (QED) is 0.751. The zero-order valence-corrected chi connectivity index (χ0v) is 9.77. The molecular weight excluding hydrogens is 220 g/mol. The van der Waals surface area contributed by atoms with Crippen molar-refractivity contribution in [1.29, 1.82) is 0 Å². The van der Waals surface area contributed by atoms with E-state index in [-0.39, 0.29) is 0 Å². The summed E-state index contributed by atoms with van der Waals surface area (Å²) in [6.07, 6.45) is 0.414. The smallest absolute Gasteiger partial charge is 0.195 e. The highest BCUT2D eigenvalue weighted by atomic mass is 35.5. The van der Waals surface area contributed by atoms with Gasteiger partial charge in [-0.2, -0.15) is 0 Å². The van der Waals surface area contributed by atoms with Gasteiger partial charge in [-0.15, -0.1) is 11.6 Å². The first-order chi connectivity index (χ1) is 6.48. The van der Waals surface area contributed by atoms with Crippen molar-refractivity contribution in [2.24, 2.45) is 0 Å². The summed E-state index contributed by atoms with van der Waals surface area (Å²) in [4.78, 5) is 0.296. The van der Waals surface area contributed by atoms with Gasteiger partial charge >= 0.3 is 0 Å². The van der Waals surface area contributed by atoms with Crippen LogP contribution >= 0.6 is 11.6 Å². The van der Waals surface area contributed by atoms with Crippen molar-refractivity contribution in [3.8, 4) is 0 Å². The first-order valence-corrected chi connectivity index (χ1v) is 6.41. The zero-order chi connectivity index (χ0) is 10.8. The predicted molar refractivity (Wildman–Crippen MR) is 58.3 cm³/mol. The molecule has 1 unspecified atom stereocenters. The van der Waals surface area contributed by atoms with Crippen LogP contribution in [0.1, 0.15) is 18.9 Å². The summed E-state index contributed by atoms with van der Waals surface area (Å²) < 4.78 is 22.7.